The largest absolute Gasteiger partial charge is 0.504 e. The highest BCUT2D eigenvalue weighted by Crippen LogP contribution is 2.34. The number of nitrogens with one attached hydrogen (secondary N) is 6. The molecule has 0 spiro atoms. The number of carbonyl (C=O) groups excluding carboxylic acids is 7. The fourth-order valence-electron chi connectivity index (χ4n) is 12.1. The van der Waals surface area contributed by atoms with Crippen molar-refractivity contribution in [2.75, 3.05) is 57.4 Å². The second kappa shape index (κ2) is 34.5. The molecular formula is C64H81N11O21S2. The van der Waals surface area contributed by atoms with E-state index in [0.29, 0.717) is 15.6 Å². The van der Waals surface area contributed by atoms with Crippen LogP contribution in [0.1, 0.15) is 61.9 Å². The molecule has 98 heavy (non-hydrogen) atoms. The van der Waals surface area contributed by atoms with E-state index in [1.165, 1.54) is 42.1 Å². The summed E-state index contributed by atoms with van der Waals surface area (Å²) in [7, 11) is 0. The summed E-state index contributed by atoms with van der Waals surface area (Å²) < 4.78 is 15.7. The van der Waals surface area contributed by atoms with Gasteiger partial charge in [-0.3, -0.25) is 33.6 Å². The van der Waals surface area contributed by atoms with Crippen molar-refractivity contribution in [1.82, 2.24) is 51.9 Å². The first-order valence-electron chi connectivity index (χ1n) is 31.8. The molecule has 1 unspecified atom stereocenters. The molecule has 7 amide bonds. The van der Waals surface area contributed by atoms with Gasteiger partial charge in [0.15, 0.2) is 11.5 Å². The number of aromatic nitrogens is 2. The van der Waals surface area contributed by atoms with E-state index in [2.05, 4.69) is 68.5 Å². The zero-order chi connectivity index (χ0) is 70.3. The van der Waals surface area contributed by atoms with Gasteiger partial charge >= 0.3 is 0 Å². The molecule has 0 bridgehead atoms. The Hall–Kier alpha value is -8.20. The summed E-state index contributed by atoms with van der Waals surface area (Å²) in [5.41, 5.74) is 2.67. The average Bonchev–Trinajstić information content (AvgIpc) is 1.59. The van der Waals surface area contributed by atoms with E-state index < -0.39 is 184 Å². The lowest BCUT2D eigenvalue weighted by molar-refractivity contribution is -0.433. The molecule has 4 fully saturated rings. The molecule has 5 aromatic rings. The first-order chi connectivity index (χ1) is 47.0. The van der Waals surface area contributed by atoms with Gasteiger partial charge in [-0.25, -0.2) is 5.26 Å². The molecular weight excluding hydrogens is 1320 g/mol. The molecule has 4 aliphatic heterocycles. The maximum Gasteiger partial charge on any atom is 0.261 e. The highest BCUT2D eigenvalue weighted by molar-refractivity contribution is 7.90. The van der Waals surface area contributed by atoms with Gasteiger partial charge < -0.3 is 101 Å². The van der Waals surface area contributed by atoms with Gasteiger partial charge in [0.2, 0.25) is 35.4 Å². The number of phenolic OH excluding ortho intramolecular Hbond substituents is 1. The van der Waals surface area contributed by atoms with E-state index in [-0.39, 0.29) is 48.4 Å². The average molecular weight is 1400 g/mol. The molecule has 4 aromatic carbocycles. The number of carbonyl (C=O) groups is 7. The summed E-state index contributed by atoms with van der Waals surface area (Å²) in [6.07, 6.45) is -10.9. The Balaban J connectivity index is 0.963. The number of fused-ring (bicyclic) bond motifs is 2. The molecule has 13 atom stereocenters. The number of benzene rings is 4. The Morgan fingerprint density at radius 2 is 1.39 bits per heavy atom. The standard InChI is InChI=1S/C64H81N11O21S2/c1-33-29-75-54(55(33)84)60(89)66-28-41(79)26-45(67-56(85)36-9-11-37(12-10-36)61-71-72-62(97-61)38-13-15-43(16-14-38)93-44-19-22-73(23-20-44)40-6-4-3-5-7-40)57(86)68-51(34(2)78)63(90)74-30-42(80)27-46(74)58(87)69-52(49(83)24-35-8-17-47(81)50(25-35)94-98-96-95-92)59(88)70-53(64(75)91)48(82)18-21-65-39(31-76)32-77/h3-17,25,33-34,39,41-42,44-46,48-49,51-55,65,76-84,92H,18-24,26-32H2,1-2H3,(H,66,89)(H,67,85)(H,68,86)(H,69,87)(H,70,88)/t33-,34+,41+,42+,45?,46-,48+,49+,51-,52-,53-,54-,55-/m0/s1. The molecule has 1 aromatic heterocycles. The lowest BCUT2D eigenvalue weighted by Crippen LogP contribution is -2.64. The van der Waals surface area contributed by atoms with E-state index >= 15 is 0 Å². The van der Waals surface area contributed by atoms with Gasteiger partial charge in [0, 0.05) is 93.1 Å². The van der Waals surface area contributed by atoms with Crippen LogP contribution in [0.5, 0.6) is 17.2 Å². The molecule has 4 aliphatic rings. The zero-order valence-corrected chi connectivity index (χ0v) is 54.9. The van der Waals surface area contributed by atoms with Crippen LogP contribution in [0.15, 0.2) is 97.1 Å². The summed E-state index contributed by atoms with van der Waals surface area (Å²) in [5.74, 6) is -8.92. The topological polar surface area (TPSA) is 466 Å². The predicted octanol–water partition coefficient (Wildman–Crippen LogP) is -1.73. The molecule has 4 saturated heterocycles. The maximum absolute atomic E-state index is 15.0. The van der Waals surface area contributed by atoms with Crippen molar-refractivity contribution >= 4 is 70.7 Å². The fraction of sp³-hybridized carbons (Fsp3) is 0.484. The van der Waals surface area contributed by atoms with Gasteiger partial charge in [0.25, 0.3) is 18.2 Å². The van der Waals surface area contributed by atoms with Crippen LogP contribution in [-0.4, -0.2) is 250 Å². The summed E-state index contributed by atoms with van der Waals surface area (Å²) in [6.45, 7) is 1.41. The van der Waals surface area contributed by atoms with E-state index in [9.17, 15) is 79.5 Å². The molecule has 5 heterocycles. The molecule has 9 rings (SSSR count). The minimum atomic E-state index is -2.16. The molecule has 0 aliphatic carbocycles. The van der Waals surface area contributed by atoms with Crippen LogP contribution in [0, 0.1) is 5.92 Å². The van der Waals surface area contributed by atoms with Crippen molar-refractivity contribution in [1.29, 1.82) is 0 Å². The van der Waals surface area contributed by atoms with Crippen molar-refractivity contribution in [2.45, 2.75) is 137 Å². The second-order valence-corrected chi connectivity index (χ2v) is 26.0. The molecule has 32 nitrogen and oxygen atoms in total. The molecule has 0 saturated carbocycles. The number of β-amino-alcohol motifs (C(OH)–C–C–N with tert-alkyl or cyclic N) is 1. The van der Waals surface area contributed by atoms with Crippen LogP contribution < -0.4 is 45.7 Å². The summed E-state index contributed by atoms with van der Waals surface area (Å²) in [4.78, 5) is 106. The minimum absolute atomic E-state index is 0.00587. The Kier molecular flexibility index (Phi) is 26.1. The van der Waals surface area contributed by atoms with Gasteiger partial charge in [-0.1, -0.05) is 64.0 Å². The van der Waals surface area contributed by atoms with Crippen LogP contribution in [0.4, 0.5) is 5.69 Å². The Bertz CT molecular complexity index is 3520. The van der Waals surface area contributed by atoms with Crippen molar-refractivity contribution < 1.29 is 103 Å². The van der Waals surface area contributed by atoms with Crippen LogP contribution in [0.25, 0.3) is 21.1 Å². The third kappa shape index (κ3) is 18.8. The smallest absolute Gasteiger partial charge is 0.261 e. The quantitative estimate of drug-likeness (QED) is 0.0158. The molecule has 34 heteroatoms. The summed E-state index contributed by atoms with van der Waals surface area (Å²) in [6, 6.07) is 15.1. The molecule has 0 radical (unpaired) electrons. The van der Waals surface area contributed by atoms with Gasteiger partial charge in [-0.2, -0.15) is 0 Å². The highest BCUT2D eigenvalue weighted by atomic mass is 32.2. The number of aromatic hydroxyl groups is 1. The lowest BCUT2D eigenvalue weighted by Gasteiger charge is -2.34. The van der Waals surface area contributed by atoms with Crippen LogP contribution in [0.2, 0.25) is 0 Å². The normalized spacial score (nSPS) is 25.1. The Morgan fingerprint density at radius 1 is 0.745 bits per heavy atom. The Morgan fingerprint density at radius 3 is 2.04 bits per heavy atom. The predicted molar refractivity (Wildman–Crippen MR) is 350 cm³/mol. The number of aliphatic hydroxyl groups excluding tert-OH is 8. The monoisotopic (exact) mass is 1400 g/mol. The number of aliphatic hydroxyl groups is 8. The van der Waals surface area contributed by atoms with Crippen molar-refractivity contribution in [2.24, 2.45) is 5.92 Å². The van der Waals surface area contributed by atoms with Crippen LogP contribution >= 0.6 is 23.7 Å². The maximum atomic E-state index is 15.0. The van der Waals surface area contributed by atoms with Gasteiger partial charge in [0.05, 0.1) is 55.9 Å². The third-order valence-electron chi connectivity index (χ3n) is 17.5. The number of hydrogen-bond donors (Lipinski definition) is 16. The van der Waals surface area contributed by atoms with Gasteiger partial charge in [0.1, 0.15) is 58.1 Å². The Labute approximate surface area is 570 Å². The number of ether oxygens (including phenoxy) is 1. The molecule has 530 valence electrons. The first-order valence-corrected chi connectivity index (χ1v) is 33.3. The van der Waals surface area contributed by atoms with Crippen LogP contribution in [-0.2, 0) is 44.6 Å². The number of nitrogens with zero attached hydrogens (tertiary/aromatic N) is 5. The zero-order valence-electron chi connectivity index (χ0n) is 53.3. The number of hydrogen-bond acceptors (Lipinski definition) is 27. The number of phenols is 1. The number of para-hydroxylation sites is 1. The third-order valence-corrected chi connectivity index (χ3v) is 18.9. The van der Waals surface area contributed by atoms with E-state index in [1.807, 2.05) is 42.5 Å². The summed E-state index contributed by atoms with van der Waals surface area (Å²) in [5, 5.41) is 136. The lowest BCUT2D eigenvalue weighted by atomic mass is 9.98. The van der Waals surface area contributed by atoms with E-state index in [0.717, 1.165) is 66.1 Å². The van der Waals surface area contributed by atoms with Crippen molar-refractivity contribution in [3.8, 4) is 38.4 Å². The van der Waals surface area contributed by atoms with Crippen LogP contribution in [0.3, 0.4) is 0 Å². The van der Waals surface area contributed by atoms with Crippen molar-refractivity contribution in [3.05, 3.63) is 108 Å². The van der Waals surface area contributed by atoms with Gasteiger partial charge in [-0.05, 0) is 86.1 Å². The van der Waals surface area contributed by atoms with E-state index in [1.54, 1.807) is 12.1 Å². The number of piperidine rings is 1. The van der Waals surface area contributed by atoms with Crippen molar-refractivity contribution in [3.63, 3.8) is 0 Å². The molecule has 16 N–H and O–H groups in total. The first kappa shape index (κ1) is 74.0. The number of rotatable bonds is 22. The van der Waals surface area contributed by atoms with E-state index in [4.69, 9.17) is 14.2 Å². The second-order valence-electron chi connectivity index (χ2n) is 24.6. The highest BCUT2D eigenvalue weighted by Gasteiger charge is 2.50. The summed E-state index contributed by atoms with van der Waals surface area (Å²) >= 11 is 1.36. The number of anilines is 1. The van der Waals surface area contributed by atoms with Gasteiger partial charge in [-0.15, -0.1) is 10.2 Å². The SMILES string of the molecule is C[C@@H](O)[C@@H]1NC(=O)C(NC(=O)c2ccc(-c3nnc(-c4ccc(OC5CCN(c6ccccc6)CC5)cc4)s3)cc2)C[C@@H](O)CNC(=O)[C@@H]2[C@@H](O)[C@@H](C)CN2C(=O)[C@H]([C@H](O)CCNC(CO)CO)NC(=O)[C@H]([C@H](O)Cc2ccc(O)c(OSOOO)c2)NC(=O)[C@@H]2C[C@@H](O)CN2C1=O. The number of amides is 7. The minimum Gasteiger partial charge on any atom is -0.504 e. The fourth-order valence-corrected chi connectivity index (χ4v) is 13.2.